The molecule has 1 aromatic rings. The van der Waals surface area contributed by atoms with E-state index in [1.165, 1.54) is 6.07 Å². The van der Waals surface area contributed by atoms with Crippen molar-refractivity contribution in [1.82, 2.24) is 5.32 Å². The lowest BCUT2D eigenvalue weighted by Crippen LogP contribution is -2.38. The molecule has 0 aromatic heterocycles. The van der Waals surface area contributed by atoms with Crippen molar-refractivity contribution in [2.24, 2.45) is 5.92 Å². The molecular formula is C15H22FNO. The second-order valence-corrected chi connectivity index (χ2v) is 4.82. The molecule has 0 spiro atoms. The van der Waals surface area contributed by atoms with E-state index in [1.54, 1.807) is 19.1 Å². The van der Waals surface area contributed by atoms with Gasteiger partial charge in [0.2, 0.25) is 0 Å². The zero-order chi connectivity index (χ0) is 13.7. The number of amides is 1. The summed E-state index contributed by atoms with van der Waals surface area (Å²) >= 11 is 0. The third-order valence-corrected chi connectivity index (χ3v) is 3.48. The van der Waals surface area contributed by atoms with Gasteiger partial charge >= 0.3 is 0 Å². The van der Waals surface area contributed by atoms with E-state index in [-0.39, 0.29) is 17.5 Å². The van der Waals surface area contributed by atoms with E-state index in [1.807, 2.05) is 6.92 Å². The van der Waals surface area contributed by atoms with Crippen LogP contribution in [0.15, 0.2) is 18.2 Å². The third kappa shape index (κ3) is 3.56. The first-order valence-electron chi connectivity index (χ1n) is 6.56. The molecule has 0 saturated carbocycles. The predicted octanol–water partition coefficient (Wildman–Crippen LogP) is 3.69. The molecule has 1 amide bonds. The lowest BCUT2D eigenvalue weighted by molar-refractivity contribution is 0.0921. The SMILES string of the molecule is CCC(CC)C(C)NC(=O)c1ccc(C)cc1F. The molecule has 0 heterocycles. The fourth-order valence-electron chi connectivity index (χ4n) is 2.20. The van der Waals surface area contributed by atoms with Crippen molar-refractivity contribution >= 4 is 5.91 Å². The summed E-state index contributed by atoms with van der Waals surface area (Å²) in [6.45, 7) is 7.98. The van der Waals surface area contributed by atoms with Crippen LogP contribution in [0, 0.1) is 18.7 Å². The molecule has 0 aliphatic rings. The van der Waals surface area contributed by atoms with Gasteiger partial charge in [0, 0.05) is 6.04 Å². The molecule has 1 unspecified atom stereocenters. The Labute approximate surface area is 109 Å². The van der Waals surface area contributed by atoms with Gasteiger partial charge in [-0.25, -0.2) is 4.39 Å². The van der Waals surface area contributed by atoms with Gasteiger partial charge in [0.1, 0.15) is 5.82 Å². The van der Waals surface area contributed by atoms with Crippen LogP contribution in [0.5, 0.6) is 0 Å². The number of aryl methyl sites for hydroxylation is 1. The number of nitrogens with one attached hydrogen (secondary N) is 1. The zero-order valence-corrected chi connectivity index (χ0v) is 11.6. The fraction of sp³-hybridized carbons (Fsp3) is 0.533. The first-order valence-corrected chi connectivity index (χ1v) is 6.56. The largest absolute Gasteiger partial charge is 0.349 e. The van der Waals surface area contributed by atoms with Gasteiger partial charge in [-0.15, -0.1) is 0 Å². The molecule has 3 heteroatoms. The summed E-state index contributed by atoms with van der Waals surface area (Å²) in [4.78, 5) is 12.0. The maximum absolute atomic E-state index is 13.7. The van der Waals surface area contributed by atoms with Gasteiger partial charge in [-0.2, -0.15) is 0 Å². The van der Waals surface area contributed by atoms with Crippen LogP contribution >= 0.6 is 0 Å². The average molecular weight is 251 g/mol. The summed E-state index contributed by atoms with van der Waals surface area (Å²) in [5.74, 6) is -0.349. The van der Waals surface area contributed by atoms with Crippen LogP contribution in [0.2, 0.25) is 0 Å². The standard InChI is InChI=1S/C15H22FNO/c1-5-12(6-2)11(4)17-15(18)13-8-7-10(3)9-14(13)16/h7-9,11-12H,5-6H2,1-4H3,(H,17,18). The molecule has 0 fully saturated rings. The molecular weight excluding hydrogens is 229 g/mol. The third-order valence-electron chi connectivity index (χ3n) is 3.48. The Morgan fingerprint density at radius 2 is 1.94 bits per heavy atom. The summed E-state index contributed by atoms with van der Waals surface area (Å²) in [6.07, 6.45) is 2.02. The summed E-state index contributed by atoms with van der Waals surface area (Å²) in [7, 11) is 0. The minimum atomic E-state index is -0.454. The second kappa shape index (κ2) is 6.53. The summed E-state index contributed by atoms with van der Waals surface area (Å²) in [5.41, 5.74) is 0.940. The molecule has 100 valence electrons. The van der Waals surface area contributed by atoms with E-state index in [4.69, 9.17) is 0 Å². The van der Waals surface area contributed by atoms with E-state index >= 15 is 0 Å². The molecule has 0 saturated heterocycles. The van der Waals surface area contributed by atoms with Crippen LogP contribution in [-0.4, -0.2) is 11.9 Å². The Bertz CT molecular complexity index is 413. The molecule has 18 heavy (non-hydrogen) atoms. The normalized spacial score (nSPS) is 12.6. The van der Waals surface area contributed by atoms with Crippen LogP contribution in [0.3, 0.4) is 0 Å². The van der Waals surface area contributed by atoms with Crippen molar-refractivity contribution in [3.8, 4) is 0 Å². The predicted molar refractivity (Wildman–Crippen MR) is 72.1 cm³/mol. The quantitative estimate of drug-likeness (QED) is 0.849. The van der Waals surface area contributed by atoms with Crippen LogP contribution in [0.25, 0.3) is 0 Å². The van der Waals surface area contributed by atoms with Crippen LogP contribution in [0.4, 0.5) is 4.39 Å². The van der Waals surface area contributed by atoms with Crippen molar-refractivity contribution in [2.45, 2.75) is 46.6 Å². The topological polar surface area (TPSA) is 29.1 Å². The average Bonchev–Trinajstić information content (AvgIpc) is 2.30. The minimum absolute atomic E-state index is 0.0632. The van der Waals surface area contributed by atoms with Gasteiger partial charge < -0.3 is 5.32 Å². The van der Waals surface area contributed by atoms with Crippen molar-refractivity contribution in [1.29, 1.82) is 0 Å². The van der Waals surface area contributed by atoms with Crippen molar-refractivity contribution in [3.63, 3.8) is 0 Å². The van der Waals surface area contributed by atoms with Crippen molar-refractivity contribution in [2.75, 3.05) is 0 Å². The van der Waals surface area contributed by atoms with Gasteiger partial charge in [-0.3, -0.25) is 4.79 Å². The molecule has 0 radical (unpaired) electrons. The number of carbonyl (C=O) groups is 1. The Hall–Kier alpha value is -1.38. The summed E-state index contributed by atoms with van der Waals surface area (Å²) in [5, 5.41) is 2.88. The van der Waals surface area contributed by atoms with Gasteiger partial charge in [0.25, 0.3) is 5.91 Å². The Kier molecular flexibility index (Phi) is 5.32. The Morgan fingerprint density at radius 1 is 1.33 bits per heavy atom. The van der Waals surface area contributed by atoms with Gasteiger partial charge in [-0.05, 0) is 37.5 Å². The number of carbonyl (C=O) groups excluding carboxylic acids is 1. The van der Waals surface area contributed by atoms with Crippen LogP contribution in [-0.2, 0) is 0 Å². The van der Waals surface area contributed by atoms with Gasteiger partial charge in [-0.1, -0.05) is 32.8 Å². The Morgan fingerprint density at radius 3 is 2.44 bits per heavy atom. The molecule has 1 aromatic carbocycles. The van der Waals surface area contributed by atoms with Gasteiger partial charge in [0.15, 0.2) is 0 Å². The van der Waals surface area contributed by atoms with E-state index < -0.39 is 5.82 Å². The number of rotatable bonds is 5. The lowest BCUT2D eigenvalue weighted by Gasteiger charge is -2.22. The monoisotopic (exact) mass is 251 g/mol. The molecule has 1 rings (SSSR count). The smallest absolute Gasteiger partial charge is 0.254 e. The van der Waals surface area contributed by atoms with Gasteiger partial charge in [0.05, 0.1) is 5.56 Å². The molecule has 0 aliphatic heterocycles. The Balaban J connectivity index is 2.76. The molecule has 2 nitrogen and oxygen atoms in total. The zero-order valence-electron chi connectivity index (χ0n) is 11.6. The highest BCUT2D eigenvalue weighted by Gasteiger charge is 2.18. The highest BCUT2D eigenvalue weighted by molar-refractivity contribution is 5.94. The highest BCUT2D eigenvalue weighted by atomic mass is 19.1. The highest BCUT2D eigenvalue weighted by Crippen LogP contribution is 2.15. The summed E-state index contributed by atoms with van der Waals surface area (Å²) < 4.78 is 13.7. The number of hydrogen-bond acceptors (Lipinski definition) is 1. The molecule has 0 bridgehead atoms. The summed E-state index contributed by atoms with van der Waals surface area (Å²) in [6, 6.07) is 4.74. The first kappa shape index (κ1) is 14.7. The second-order valence-electron chi connectivity index (χ2n) is 4.82. The maximum Gasteiger partial charge on any atom is 0.254 e. The fourth-order valence-corrected chi connectivity index (χ4v) is 2.20. The maximum atomic E-state index is 13.7. The van der Waals surface area contributed by atoms with E-state index in [2.05, 4.69) is 19.2 Å². The van der Waals surface area contributed by atoms with E-state index in [0.717, 1.165) is 18.4 Å². The lowest BCUT2D eigenvalue weighted by atomic mass is 9.95. The van der Waals surface area contributed by atoms with E-state index in [0.29, 0.717) is 5.92 Å². The van der Waals surface area contributed by atoms with Crippen LogP contribution < -0.4 is 5.32 Å². The molecule has 1 N–H and O–H groups in total. The van der Waals surface area contributed by atoms with Crippen molar-refractivity contribution in [3.05, 3.63) is 35.1 Å². The van der Waals surface area contributed by atoms with E-state index in [9.17, 15) is 9.18 Å². The number of hydrogen-bond donors (Lipinski definition) is 1. The van der Waals surface area contributed by atoms with Crippen LogP contribution in [0.1, 0.15) is 49.5 Å². The first-order chi connectivity index (χ1) is 8.49. The number of halogens is 1. The van der Waals surface area contributed by atoms with Crippen molar-refractivity contribution < 1.29 is 9.18 Å². The molecule has 0 aliphatic carbocycles. The number of benzene rings is 1. The minimum Gasteiger partial charge on any atom is -0.349 e. The molecule has 1 atom stereocenters.